The summed E-state index contributed by atoms with van der Waals surface area (Å²) in [4.78, 5) is 31.0. The molecule has 3 aliphatic rings. The number of amides is 2. The average Bonchev–Trinajstić information content (AvgIpc) is 3.14. The fourth-order valence-electron chi connectivity index (χ4n) is 4.76. The van der Waals surface area contributed by atoms with E-state index in [-0.39, 0.29) is 32.9 Å². The van der Waals surface area contributed by atoms with Crippen LogP contribution in [0.25, 0.3) is 0 Å². The molecule has 152 valence electrons. The minimum Gasteiger partial charge on any atom is -0.342 e. The lowest BCUT2D eigenvalue weighted by atomic mass is 10.1. The lowest BCUT2D eigenvalue weighted by molar-refractivity contribution is -0.134. The van der Waals surface area contributed by atoms with Crippen molar-refractivity contribution in [2.45, 2.75) is 37.4 Å². The zero-order valence-electron chi connectivity index (χ0n) is 15.6. The van der Waals surface area contributed by atoms with E-state index in [1.807, 2.05) is 4.90 Å². The van der Waals surface area contributed by atoms with Crippen LogP contribution in [-0.4, -0.2) is 50.5 Å². The Hall–Kier alpha value is -1.18. The Balaban J connectivity index is 1.41. The van der Waals surface area contributed by atoms with Crippen LogP contribution in [0.5, 0.6) is 0 Å². The molecular weight excluding hydrogens is 421 g/mol. The van der Waals surface area contributed by atoms with E-state index in [9.17, 15) is 13.8 Å². The molecule has 9 heteroatoms. The van der Waals surface area contributed by atoms with E-state index in [0.29, 0.717) is 37.8 Å². The van der Waals surface area contributed by atoms with E-state index in [1.54, 1.807) is 0 Å². The molecule has 0 radical (unpaired) electrons. The first-order valence-electron chi connectivity index (χ1n) is 9.64. The van der Waals surface area contributed by atoms with Gasteiger partial charge in [-0.2, -0.15) is 4.36 Å². The van der Waals surface area contributed by atoms with Crippen LogP contribution in [0.1, 0.15) is 42.6 Å². The summed E-state index contributed by atoms with van der Waals surface area (Å²) in [6, 6.07) is 2.94. The standard InChI is InChI=1S/C19H23Cl2N3O3S/c1-28(27,23-18(25)17-14(20)5-6-15(21)22-17)11-7-9-24(10-8-11)19(26)16-12-3-2-4-13(12)16/h5-6,11-13,16H,2-4,7-10H2,1H3. The summed E-state index contributed by atoms with van der Waals surface area (Å²) in [5.74, 6) is 0.966. The minimum absolute atomic E-state index is 0.0865. The van der Waals surface area contributed by atoms with Crippen molar-refractivity contribution in [2.24, 2.45) is 22.1 Å². The normalized spacial score (nSPS) is 29.1. The van der Waals surface area contributed by atoms with Gasteiger partial charge in [0, 0.05) is 30.5 Å². The maximum atomic E-state index is 13.1. The highest BCUT2D eigenvalue weighted by Crippen LogP contribution is 2.58. The number of carbonyl (C=O) groups is 2. The van der Waals surface area contributed by atoms with Crippen molar-refractivity contribution in [2.75, 3.05) is 19.3 Å². The van der Waals surface area contributed by atoms with Gasteiger partial charge < -0.3 is 4.90 Å². The van der Waals surface area contributed by atoms with Crippen molar-refractivity contribution < 1.29 is 13.8 Å². The molecule has 1 aromatic heterocycles. The van der Waals surface area contributed by atoms with E-state index in [2.05, 4.69) is 9.35 Å². The first-order chi connectivity index (χ1) is 13.3. The molecule has 2 aliphatic carbocycles. The Kier molecular flexibility index (Phi) is 5.44. The highest BCUT2D eigenvalue weighted by atomic mass is 35.5. The second-order valence-corrected chi connectivity index (χ2v) is 11.4. The van der Waals surface area contributed by atoms with Gasteiger partial charge in [0.05, 0.1) is 14.8 Å². The van der Waals surface area contributed by atoms with Gasteiger partial charge in [-0.1, -0.05) is 29.6 Å². The van der Waals surface area contributed by atoms with Crippen LogP contribution in [0.4, 0.5) is 0 Å². The van der Waals surface area contributed by atoms with E-state index < -0.39 is 15.6 Å². The Labute approximate surface area is 175 Å². The van der Waals surface area contributed by atoms with Gasteiger partial charge in [0.15, 0.2) is 5.69 Å². The summed E-state index contributed by atoms with van der Waals surface area (Å²) in [5, 5.41) is 0.0168. The molecule has 3 unspecified atom stereocenters. The molecule has 2 heterocycles. The number of hydrogen-bond donors (Lipinski definition) is 0. The fraction of sp³-hybridized carbons (Fsp3) is 0.632. The molecule has 1 saturated heterocycles. The van der Waals surface area contributed by atoms with Gasteiger partial charge in [-0.3, -0.25) is 9.59 Å². The van der Waals surface area contributed by atoms with Crippen molar-refractivity contribution in [1.82, 2.24) is 9.88 Å². The van der Waals surface area contributed by atoms with Crippen molar-refractivity contribution in [1.29, 1.82) is 0 Å². The predicted molar refractivity (Wildman–Crippen MR) is 109 cm³/mol. The number of piperidine rings is 1. The number of halogens is 2. The van der Waals surface area contributed by atoms with Gasteiger partial charge in [0.1, 0.15) is 5.15 Å². The van der Waals surface area contributed by atoms with Crippen molar-refractivity contribution in [3.63, 3.8) is 0 Å². The molecule has 4 rings (SSSR count). The highest BCUT2D eigenvalue weighted by Gasteiger charge is 2.57. The molecule has 28 heavy (non-hydrogen) atoms. The summed E-state index contributed by atoms with van der Waals surface area (Å²) < 4.78 is 17.1. The Morgan fingerprint density at radius 1 is 1.14 bits per heavy atom. The molecule has 3 atom stereocenters. The van der Waals surface area contributed by atoms with Crippen molar-refractivity contribution in [3.05, 3.63) is 28.0 Å². The van der Waals surface area contributed by atoms with Crippen LogP contribution in [0.15, 0.2) is 16.5 Å². The van der Waals surface area contributed by atoms with Crippen LogP contribution in [0, 0.1) is 17.8 Å². The number of aromatic nitrogens is 1. The number of carbonyl (C=O) groups excluding carboxylic acids is 2. The minimum atomic E-state index is -2.78. The molecule has 2 saturated carbocycles. The quantitative estimate of drug-likeness (QED) is 0.667. The maximum Gasteiger partial charge on any atom is 0.305 e. The largest absolute Gasteiger partial charge is 0.342 e. The second kappa shape index (κ2) is 7.58. The molecule has 0 bridgehead atoms. The number of fused-ring (bicyclic) bond motifs is 1. The molecule has 6 nitrogen and oxygen atoms in total. The molecule has 3 fully saturated rings. The van der Waals surface area contributed by atoms with Crippen molar-refractivity contribution >= 4 is 44.7 Å². The van der Waals surface area contributed by atoms with Crippen molar-refractivity contribution in [3.8, 4) is 0 Å². The van der Waals surface area contributed by atoms with E-state index in [0.717, 1.165) is 0 Å². The first kappa shape index (κ1) is 20.1. The summed E-state index contributed by atoms with van der Waals surface area (Å²) in [5.41, 5.74) is -0.0865. The Morgan fingerprint density at radius 2 is 1.79 bits per heavy atom. The van der Waals surface area contributed by atoms with Gasteiger partial charge in [-0.25, -0.2) is 9.19 Å². The monoisotopic (exact) mass is 443 g/mol. The summed E-state index contributed by atoms with van der Waals surface area (Å²) in [6.45, 7) is 1.15. The molecular formula is C19H23Cl2N3O3S. The van der Waals surface area contributed by atoms with Gasteiger partial charge in [0.2, 0.25) is 5.91 Å². The van der Waals surface area contributed by atoms with Crippen LogP contribution in [0.3, 0.4) is 0 Å². The summed E-state index contributed by atoms with van der Waals surface area (Å²) >= 11 is 11.8. The summed E-state index contributed by atoms with van der Waals surface area (Å²) in [6.07, 6.45) is 6.27. The third-order valence-corrected chi connectivity index (χ3v) is 9.09. The topological polar surface area (TPSA) is 79.7 Å². The molecule has 0 N–H and O–H groups in total. The molecule has 2 amide bonds. The zero-order valence-corrected chi connectivity index (χ0v) is 18.0. The fourth-order valence-corrected chi connectivity index (χ4v) is 6.75. The Morgan fingerprint density at radius 3 is 2.43 bits per heavy atom. The van der Waals surface area contributed by atoms with Crippen LogP contribution < -0.4 is 0 Å². The molecule has 0 spiro atoms. The number of nitrogens with zero attached hydrogens (tertiary/aromatic N) is 3. The number of rotatable bonds is 3. The number of pyridine rings is 1. The maximum absolute atomic E-state index is 13.1. The van der Waals surface area contributed by atoms with E-state index in [4.69, 9.17) is 23.2 Å². The van der Waals surface area contributed by atoms with E-state index >= 15 is 0 Å². The predicted octanol–water partition coefficient (Wildman–Crippen LogP) is 3.66. The Bertz CT molecular complexity index is 926. The number of hydrogen-bond acceptors (Lipinski definition) is 4. The van der Waals surface area contributed by atoms with Gasteiger partial charge in [-0.05, 0) is 49.7 Å². The average molecular weight is 444 g/mol. The van der Waals surface area contributed by atoms with Gasteiger partial charge >= 0.3 is 5.91 Å². The third kappa shape index (κ3) is 3.81. The van der Waals surface area contributed by atoms with Gasteiger partial charge in [0.25, 0.3) is 0 Å². The molecule has 1 aromatic rings. The smallest absolute Gasteiger partial charge is 0.305 e. The third-order valence-electron chi connectivity index (χ3n) is 6.34. The molecule has 0 aromatic carbocycles. The lowest BCUT2D eigenvalue weighted by Crippen LogP contribution is -2.43. The van der Waals surface area contributed by atoms with Crippen LogP contribution >= 0.6 is 23.2 Å². The first-order valence-corrected chi connectivity index (χ1v) is 12.4. The van der Waals surface area contributed by atoms with Crippen LogP contribution in [0.2, 0.25) is 10.2 Å². The van der Waals surface area contributed by atoms with Gasteiger partial charge in [-0.15, -0.1) is 0 Å². The second-order valence-electron chi connectivity index (χ2n) is 8.03. The molecule has 1 aliphatic heterocycles. The zero-order chi connectivity index (χ0) is 20.1. The SMILES string of the molecule is CS(=O)(=NC(=O)c1nc(Cl)ccc1Cl)C1CCN(C(=O)C2C3CCCC32)CC1. The summed E-state index contributed by atoms with van der Waals surface area (Å²) in [7, 11) is -2.78. The lowest BCUT2D eigenvalue weighted by Gasteiger charge is -2.32. The van der Waals surface area contributed by atoms with E-state index in [1.165, 1.54) is 37.7 Å². The number of likely N-dealkylation sites (tertiary alicyclic amines) is 1. The highest BCUT2D eigenvalue weighted by molar-refractivity contribution is 7.93. The van der Waals surface area contributed by atoms with Crippen LogP contribution in [-0.2, 0) is 14.5 Å².